The molecule has 0 fully saturated rings. The van der Waals surface area contributed by atoms with E-state index in [1.54, 1.807) is 12.3 Å². The Kier molecular flexibility index (Phi) is 8.20. The highest BCUT2D eigenvalue weighted by atomic mass is 35.5. The Labute approximate surface area is 177 Å². The normalized spacial score (nSPS) is 12.9. The zero-order chi connectivity index (χ0) is 20.1. The van der Waals surface area contributed by atoms with Gasteiger partial charge in [0.1, 0.15) is 30.1 Å². The van der Waals surface area contributed by atoms with Gasteiger partial charge < -0.3 is 19.7 Å². The molecular weight excluding hydrogens is 393 g/mol. The van der Waals surface area contributed by atoms with Gasteiger partial charge in [-0.25, -0.2) is 9.37 Å². The molecule has 2 unspecified atom stereocenters. The van der Waals surface area contributed by atoms with Crippen LogP contribution in [0.25, 0.3) is 0 Å². The molecule has 0 amide bonds. The highest BCUT2D eigenvalue weighted by molar-refractivity contribution is 5.85. The Balaban J connectivity index is 0.00000300. The molecule has 29 heavy (non-hydrogen) atoms. The third-order valence-electron chi connectivity index (χ3n) is 4.78. The van der Waals surface area contributed by atoms with Crippen LogP contribution in [0.1, 0.15) is 28.6 Å². The summed E-state index contributed by atoms with van der Waals surface area (Å²) < 4.78 is 21.3. The zero-order valence-corrected chi connectivity index (χ0v) is 17.6. The molecule has 0 aliphatic carbocycles. The summed E-state index contributed by atoms with van der Waals surface area (Å²) in [6.45, 7) is 4.50. The first-order valence-corrected chi connectivity index (χ1v) is 9.28. The van der Waals surface area contributed by atoms with E-state index in [0.29, 0.717) is 0 Å². The molecule has 2 atom stereocenters. The van der Waals surface area contributed by atoms with E-state index in [1.807, 2.05) is 55.9 Å². The fourth-order valence-corrected chi connectivity index (χ4v) is 3.01. The van der Waals surface area contributed by atoms with Crippen molar-refractivity contribution in [1.29, 1.82) is 0 Å². The number of rotatable bonds is 8. The van der Waals surface area contributed by atoms with E-state index in [9.17, 15) is 9.50 Å². The number of imidazole rings is 1. The van der Waals surface area contributed by atoms with Crippen molar-refractivity contribution in [3.8, 4) is 5.75 Å². The van der Waals surface area contributed by atoms with Crippen molar-refractivity contribution in [3.63, 3.8) is 0 Å². The number of aromatic nitrogens is 2. The topological polar surface area (TPSA) is 59.3 Å². The van der Waals surface area contributed by atoms with Crippen LogP contribution in [0.3, 0.4) is 0 Å². The van der Waals surface area contributed by atoms with Gasteiger partial charge in [-0.15, -0.1) is 12.4 Å². The van der Waals surface area contributed by atoms with E-state index < -0.39 is 6.10 Å². The van der Waals surface area contributed by atoms with Gasteiger partial charge in [0.2, 0.25) is 0 Å². The van der Waals surface area contributed by atoms with Crippen LogP contribution in [0, 0.1) is 19.7 Å². The smallest absolute Gasteiger partial charge is 0.130 e. The molecule has 0 aliphatic heterocycles. The summed E-state index contributed by atoms with van der Waals surface area (Å²) in [7, 11) is 1.88. The van der Waals surface area contributed by atoms with Crippen molar-refractivity contribution in [2.24, 2.45) is 7.05 Å². The summed E-state index contributed by atoms with van der Waals surface area (Å²) in [5, 5.41) is 13.6. The highest BCUT2D eigenvalue weighted by Gasteiger charge is 2.20. The van der Waals surface area contributed by atoms with Crippen LogP contribution in [-0.4, -0.2) is 33.9 Å². The number of nitrogens with one attached hydrogen (secondary N) is 1. The monoisotopic (exact) mass is 419 g/mol. The van der Waals surface area contributed by atoms with Crippen molar-refractivity contribution < 1.29 is 14.2 Å². The van der Waals surface area contributed by atoms with E-state index in [-0.39, 0.29) is 37.4 Å². The van der Waals surface area contributed by atoms with Gasteiger partial charge in [-0.2, -0.15) is 0 Å². The molecule has 0 radical (unpaired) electrons. The van der Waals surface area contributed by atoms with Gasteiger partial charge in [0.15, 0.2) is 0 Å². The molecule has 3 aromatic rings. The molecule has 5 nitrogen and oxygen atoms in total. The standard InChI is InChI=1S/C22H26FN3O2.ClH/c1-15-7-8-20(11-16(15)2)28-14-19(27)13-25-21(22-24-9-10-26(22)3)17-5-4-6-18(23)12-17;/h4-12,19,21,25,27H,13-14H2,1-3H3;1H. The van der Waals surface area contributed by atoms with Gasteiger partial charge in [-0.3, -0.25) is 0 Å². The van der Waals surface area contributed by atoms with E-state index in [1.165, 1.54) is 17.7 Å². The second kappa shape index (κ2) is 10.4. The fourth-order valence-electron chi connectivity index (χ4n) is 3.01. The van der Waals surface area contributed by atoms with Crippen molar-refractivity contribution in [1.82, 2.24) is 14.9 Å². The Hall–Kier alpha value is -2.41. The number of aliphatic hydroxyl groups is 1. The number of nitrogens with zero attached hydrogens (tertiary/aromatic N) is 2. The van der Waals surface area contributed by atoms with Crippen LogP contribution in [0.4, 0.5) is 4.39 Å². The number of aryl methyl sites for hydroxylation is 3. The second-order valence-electron chi connectivity index (χ2n) is 7.00. The Morgan fingerprint density at radius 3 is 2.62 bits per heavy atom. The molecule has 0 spiro atoms. The van der Waals surface area contributed by atoms with Crippen LogP contribution < -0.4 is 10.1 Å². The maximum absolute atomic E-state index is 13.7. The summed E-state index contributed by atoms with van der Waals surface area (Å²) in [4.78, 5) is 4.38. The molecule has 0 saturated carbocycles. The molecule has 1 heterocycles. The Morgan fingerprint density at radius 1 is 1.17 bits per heavy atom. The Morgan fingerprint density at radius 2 is 1.97 bits per heavy atom. The third kappa shape index (κ3) is 6.03. The second-order valence-corrected chi connectivity index (χ2v) is 7.00. The van der Waals surface area contributed by atoms with Crippen molar-refractivity contribution in [3.05, 3.63) is 83.2 Å². The van der Waals surface area contributed by atoms with Crippen LogP contribution in [0.5, 0.6) is 5.75 Å². The zero-order valence-electron chi connectivity index (χ0n) is 16.8. The van der Waals surface area contributed by atoms with Crippen molar-refractivity contribution >= 4 is 12.4 Å². The fraction of sp³-hybridized carbons (Fsp3) is 0.318. The maximum atomic E-state index is 13.7. The summed E-state index contributed by atoms with van der Waals surface area (Å²) in [5.74, 6) is 1.16. The summed E-state index contributed by atoms with van der Waals surface area (Å²) in [6.07, 6.45) is 2.81. The van der Waals surface area contributed by atoms with Gasteiger partial charge in [-0.05, 0) is 54.8 Å². The molecule has 2 aromatic carbocycles. The lowest BCUT2D eigenvalue weighted by Gasteiger charge is -2.21. The van der Waals surface area contributed by atoms with E-state index in [2.05, 4.69) is 10.3 Å². The molecule has 2 N–H and O–H groups in total. The lowest BCUT2D eigenvalue weighted by molar-refractivity contribution is 0.104. The number of benzene rings is 2. The number of hydrogen-bond acceptors (Lipinski definition) is 4. The average Bonchev–Trinajstić information content (AvgIpc) is 3.09. The van der Waals surface area contributed by atoms with E-state index in [0.717, 1.165) is 22.7 Å². The Bertz CT molecular complexity index is 932. The summed E-state index contributed by atoms with van der Waals surface area (Å²) in [6, 6.07) is 11.9. The number of aliphatic hydroxyl groups excluding tert-OH is 1. The highest BCUT2D eigenvalue weighted by Crippen LogP contribution is 2.21. The minimum atomic E-state index is -0.724. The van der Waals surface area contributed by atoms with Crippen LogP contribution >= 0.6 is 12.4 Å². The van der Waals surface area contributed by atoms with Gasteiger partial charge in [-0.1, -0.05) is 18.2 Å². The molecule has 3 rings (SSSR count). The first-order valence-electron chi connectivity index (χ1n) is 9.28. The predicted octanol–water partition coefficient (Wildman–Crippen LogP) is 3.72. The summed E-state index contributed by atoms with van der Waals surface area (Å²) >= 11 is 0. The van der Waals surface area contributed by atoms with E-state index >= 15 is 0 Å². The molecule has 1 aromatic heterocycles. The minimum absolute atomic E-state index is 0. The number of halogens is 2. The van der Waals surface area contributed by atoms with Gasteiger partial charge in [0.25, 0.3) is 0 Å². The van der Waals surface area contributed by atoms with Crippen LogP contribution in [-0.2, 0) is 7.05 Å². The van der Waals surface area contributed by atoms with Crippen molar-refractivity contribution in [2.45, 2.75) is 26.0 Å². The quantitative estimate of drug-likeness (QED) is 0.584. The van der Waals surface area contributed by atoms with Crippen LogP contribution in [0.2, 0.25) is 0 Å². The maximum Gasteiger partial charge on any atom is 0.130 e. The molecular formula is C22H27ClFN3O2. The number of hydrogen-bond donors (Lipinski definition) is 2. The summed E-state index contributed by atoms with van der Waals surface area (Å²) in [5.41, 5.74) is 3.09. The lowest BCUT2D eigenvalue weighted by Crippen LogP contribution is -2.35. The first kappa shape index (κ1) is 22.9. The third-order valence-corrected chi connectivity index (χ3v) is 4.78. The molecule has 0 aliphatic rings. The van der Waals surface area contributed by atoms with Gasteiger partial charge in [0, 0.05) is 26.0 Å². The largest absolute Gasteiger partial charge is 0.491 e. The van der Waals surface area contributed by atoms with E-state index in [4.69, 9.17) is 4.74 Å². The lowest BCUT2D eigenvalue weighted by atomic mass is 10.1. The average molecular weight is 420 g/mol. The number of ether oxygens (including phenoxy) is 1. The SMILES string of the molecule is Cc1ccc(OCC(O)CNC(c2cccc(F)c2)c2nccn2C)cc1C.Cl. The van der Waals surface area contributed by atoms with Gasteiger partial charge in [0.05, 0.1) is 6.04 Å². The predicted molar refractivity (Wildman–Crippen MR) is 114 cm³/mol. The molecule has 0 bridgehead atoms. The van der Waals surface area contributed by atoms with Crippen LogP contribution in [0.15, 0.2) is 54.9 Å². The first-order chi connectivity index (χ1) is 13.4. The molecule has 7 heteroatoms. The van der Waals surface area contributed by atoms with Crippen molar-refractivity contribution in [2.75, 3.05) is 13.2 Å². The van der Waals surface area contributed by atoms with Gasteiger partial charge >= 0.3 is 0 Å². The minimum Gasteiger partial charge on any atom is -0.491 e. The molecule has 156 valence electrons. The molecule has 0 saturated heterocycles.